The summed E-state index contributed by atoms with van der Waals surface area (Å²) in [4.78, 5) is 4.80. The van der Waals surface area contributed by atoms with Gasteiger partial charge in [-0.3, -0.25) is 0 Å². The Morgan fingerprint density at radius 1 is 0.513 bits per heavy atom. The van der Waals surface area contributed by atoms with E-state index in [2.05, 4.69) is 265 Å². The molecule has 0 fully saturated rings. The molecule has 0 radical (unpaired) electrons. The van der Waals surface area contributed by atoms with Crippen molar-refractivity contribution >= 4 is 55.8 Å². The summed E-state index contributed by atoms with van der Waals surface area (Å²) in [5, 5.41) is 13.0. The molecule has 1 N–H and O–H groups in total. The van der Waals surface area contributed by atoms with Gasteiger partial charge in [-0.1, -0.05) is 187 Å². The lowest BCUT2D eigenvalue weighted by Gasteiger charge is -2.36. The number of aromatic hydroxyl groups is 1. The fraction of sp³-hybridized carbons (Fsp3) is 0.111. The van der Waals surface area contributed by atoms with Gasteiger partial charge >= 0.3 is 0 Å². The third-order valence-electron chi connectivity index (χ3n) is 14.5. The van der Waals surface area contributed by atoms with Crippen molar-refractivity contribution in [2.24, 2.45) is 0 Å². The number of para-hydroxylation sites is 3. The molecule has 0 aliphatic heterocycles. The third kappa shape index (κ3) is 8.86. The van der Waals surface area contributed by atoms with Gasteiger partial charge in [0.05, 0.1) is 16.4 Å². The molecule has 2 aliphatic rings. The molecule has 0 bridgehead atoms. The van der Waals surface area contributed by atoms with Crippen molar-refractivity contribution in [3.8, 4) is 22.6 Å². The monoisotopic (exact) mass is 988 g/mol. The lowest BCUT2D eigenvalue weighted by atomic mass is 9.66. The maximum Gasteiger partial charge on any atom is 0.116 e. The number of aromatic nitrogens is 1. The predicted octanol–water partition coefficient (Wildman–Crippen LogP) is 19.9. The van der Waals surface area contributed by atoms with Crippen LogP contribution in [0.2, 0.25) is 0 Å². The molecule has 0 amide bonds. The first-order valence-electron chi connectivity index (χ1n) is 26.8. The Hall–Kier alpha value is -9.12. The second-order valence-electron chi connectivity index (χ2n) is 18.6. The SMILES string of the molecule is C=CC1=C(/C=C\C)c2ccc(N(c3ccccc3)c3cc(-c4ccc5c(c4)c4cc(O)ccc4n5-c4ccccc4)cc(N(C4=CC(CC)=C4)c4ccccc4)c3)cc2C1(c1ccccc1)c1ccccc1.CC.CC. The highest BCUT2D eigenvalue weighted by Gasteiger charge is 2.46. The van der Waals surface area contributed by atoms with Gasteiger partial charge in [-0.05, 0) is 173 Å². The van der Waals surface area contributed by atoms with Gasteiger partial charge in [-0.15, -0.1) is 0 Å². The summed E-state index contributed by atoms with van der Waals surface area (Å²) in [6, 6.07) is 80.2. The Labute approximate surface area is 449 Å². The Balaban J connectivity index is 0.00000161. The topological polar surface area (TPSA) is 31.6 Å². The zero-order valence-corrected chi connectivity index (χ0v) is 44.5. The molecule has 1 aromatic heterocycles. The van der Waals surface area contributed by atoms with E-state index in [1.165, 1.54) is 33.4 Å². The maximum absolute atomic E-state index is 10.9. The number of rotatable bonds is 13. The molecule has 9 aromatic carbocycles. The first-order valence-corrected chi connectivity index (χ1v) is 26.8. The quantitative estimate of drug-likeness (QED) is 0.125. The predicted molar refractivity (Wildman–Crippen MR) is 325 cm³/mol. The number of fused-ring (bicyclic) bond motifs is 4. The molecule has 374 valence electrons. The Morgan fingerprint density at radius 2 is 1.04 bits per heavy atom. The van der Waals surface area contributed by atoms with Gasteiger partial charge in [0.25, 0.3) is 0 Å². The van der Waals surface area contributed by atoms with E-state index in [0.29, 0.717) is 0 Å². The molecule has 0 spiro atoms. The van der Waals surface area contributed by atoms with Crippen LogP contribution in [0.1, 0.15) is 70.2 Å². The molecular formula is C72H65N3O. The molecule has 2 aliphatic carbocycles. The van der Waals surface area contributed by atoms with E-state index in [1.54, 1.807) is 6.07 Å². The zero-order chi connectivity index (χ0) is 52.8. The van der Waals surface area contributed by atoms with Crippen molar-refractivity contribution < 1.29 is 5.11 Å². The number of anilines is 5. The van der Waals surface area contributed by atoms with Crippen LogP contribution in [0.15, 0.2) is 278 Å². The van der Waals surface area contributed by atoms with Crippen molar-refractivity contribution in [2.75, 3.05) is 9.80 Å². The van der Waals surface area contributed by atoms with Crippen LogP contribution >= 0.6 is 0 Å². The maximum atomic E-state index is 10.9. The summed E-state index contributed by atoms with van der Waals surface area (Å²) < 4.78 is 2.29. The van der Waals surface area contributed by atoms with Crippen LogP contribution in [0.3, 0.4) is 0 Å². The number of hydrogen-bond acceptors (Lipinski definition) is 3. The zero-order valence-electron chi connectivity index (χ0n) is 44.5. The minimum Gasteiger partial charge on any atom is -0.508 e. The van der Waals surface area contributed by atoms with Gasteiger partial charge in [0.1, 0.15) is 5.75 Å². The second-order valence-corrected chi connectivity index (χ2v) is 18.6. The Kier molecular flexibility index (Phi) is 14.7. The molecule has 10 aromatic rings. The average Bonchev–Trinajstić information content (AvgIpc) is 4.01. The van der Waals surface area contributed by atoms with E-state index in [4.69, 9.17) is 0 Å². The van der Waals surface area contributed by atoms with E-state index >= 15 is 0 Å². The van der Waals surface area contributed by atoms with Gasteiger partial charge in [-0.2, -0.15) is 0 Å². The van der Waals surface area contributed by atoms with Crippen LogP contribution < -0.4 is 9.80 Å². The molecule has 76 heavy (non-hydrogen) atoms. The molecule has 12 rings (SSSR count). The fourth-order valence-electron chi connectivity index (χ4n) is 11.3. The standard InChI is InChI=1S/C68H53N3O.2C2H6/c1-4-22-60-61-36-34-55(45-65(61)68(64(60)6-3,50-23-12-7-13-24-50)51-25-14-8-15-26-51)69(52-27-16-9-17-28-52)57-41-49(42-58(44-57)70(53-29-18-10-19-30-53)56-39-47(5-2)40-56)48-33-37-66-62(43-48)63-46-59(72)35-38-67(63)71(66)54-31-20-11-21-32-54;2*1-2/h4,6-46,72H,3,5H2,1-2H3;2*1-2H3/b22-4-;;. The second kappa shape index (κ2) is 22.2. The average molecular weight is 988 g/mol. The first kappa shape index (κ1) is 50.4. The molecule has 1 heterocycles. The highest BCUT2D eigenvalue weighted by molar-refractivity contribution is 6.11. The van der Waals surface area contributed by atoms with Gasteiger partial charge in [0.15, 0.2) is 0 Å². The minimum absolute atomic E-state index is 0.237. The lowest BCUT2D eigenvalue weighted by molar-refractivity contribution is 0.476. The summed E-state index contributed by atoms with van der Waals surface area (Å²) in [5.74, 6) is 0.237. The van der Waals surface area contributed by atoms with Gasteiger partial charge in [-0.25, -0.2) is 0 Å². The van der Waals surface area contributed by atoms with E-state index in [-0.39, 0.29) is 5.75 Å². The lowest BCUT2D eigenvalue weighted by Crippen LogP contribution is -2.29. The van der Waals surface area contributed by atoms with Crippen molar-refractivity contribution in [1.29, 1.82) is 0 Å². The number of phenolic OH excluding ortho intramolecular Hbond substituents is 1. The number of allylic oxidation sites excluding steroid dienone is 8. The van der Waals surface area contributed by atoms with Gasteiger partial charge < -0.3 is 19.5 Å². The van der Waals surface area contributed by atoms with Crippen LogP contribution in [0, 0.1) is 0 Å². The molecule has 0 atom stereocenters. The summed E-state index contributed by atoms with van der Waals surface area (Å²) >= 11 is 0. The number of benzene rings is 9. The molecular weight excluding hydrogens is 923 g/mol. The normalized spacial score (nSPS) is 13.2. The Bertz CT molecular complexity index is 3770. The highest BCUT2D eigenvalue weighted by atomic mass is 16.3. The molecule has 0 saturated heterocycles. The van der Waals surface area contributed by atoms with Crippen LogP contribution in [-0.4, -0.2) is 9.67 Å². The van der Waals surface area contributed by atoms with Crippen LogP contribution in [0.4, 0.5) is 28.4 Å². The first-order chi connectivity index (χ1) is 37.5. The van der Waals surface area contributed by atoms with E-state index in [0.717, 1.165) is 84.7 Å². The third-order valence-corrected chi connectivity index (χ3v) is 14.5. The van der Waals surface area contributed by atoms with Crippen molar-refractivity contribution in [2.45, 2.75) is 53.4 Å². The summed E-state index contributed by atoms with van der Waals surface area (Å²) in [6.07, 6.45) is 12.0. The Morgan fingerprint density at radius 3 is 1.61 bits per heavy atom. The van der Waals surface area contributed by atoms with Gasteiger partial charge in [0, 0.05) is 50.6 Å². The van der Waals surface area contributed by atoms with Crippen LogP contribution in [-0.2, 0) is 5.41 Å². The van der Waals surface area contributed by atoms with Crippen LogP contribution in [0.5, 0.6) is 5.75 Å². The van der Waals surface area contributed by atoms with E-state index in [9.17, 15) is 5.11 Å². The highest BCUT2D eigenvalue weighted by Crippen LogP contribution is 2.57. The molecule has 0 saturated carbocycles. The minimum atomic E-state index is -0.646. The van der Waals surface area contributed by atoms with Crippen molar-refractivity contribution in [3.05, 3.63) is 301 Å². The number of nitrogens with zero attached hydrogens (tertiary/aromatic N) is 3. The van der Waals surface area contributed by atoms with Gasteiger partial charge in [0.2, 0.25) is 0 Å². The molecule has 4 heteroatoms. The van der Waals surface area contributed by atoms with E-state index in [1.807, 2.05) is 45.9 Å². The van der Waals surface area contributed by atoms with E-state index < -0.39 is 5.41 Å². The summed E-state index contributed by atoms with van der Waals surface area (Å²) in [7, 11) is 0. The number of phenols is 1. The molecule has 0 unspecified atom stereocenters. The summed E-state index contributed by atoms with van der Waals surface area (Å²) in [6.45, 7) is 16.8. The van der Waals surface area contributed by atoms with Crippen molar-refractivity contribution in [3.63, 3.8) is 0 Å². The number of hydrogen-bond donors (Lipinski definition) is 1. The van der Waals surface area contributed by atoms with Crippen molar-refractivity contribution in [1.82, 2.24) is 4.57 Å². The van der Waals surface area contributed by atoms with Crippen LogP contribution in [0.25, 0.3) is 44.2 Å². The largest absolute Gasteiger partial charge is 0.508 e. The summed E-state index contributed by atoms with van der Waals surface area (Å²) in [5.41, 5.74) is 19.4. The molecule has 4 nitrogen and oxygen atoms in total. The smallest absolute Gasteiger partial charge is 0.116 e. The fourth-order valence-corrected chi connectivity index (χ4v) is 11.3.